The zero-order chi connectivity index (χ0) is 12.7. The summed E-state index contributed by atoms with van der Waals surface area (Å²) in [5.74, 6) is -0.197. The number of ether oxygens (including phenoxy) is 1. The van der Waals surface area contributed by atoms with E-state index in [1.54, 1.807) is 18.2 Å². The zero-order valence-corrected chi connectivity index (χ0v) is 10.3. The van der Waals surface area contributed by atoms with E-state index < -0.39 is 0 Å². The molecule has 5 heteroatoms. The lowest BCUT2D eigenvalue weighted by atomic mass is 10.2. The van der Waals surface area contributed by atoms with Crippen molar-refractivity contribution in [3.63, 3.8) is 0 Å². The Balaban J connectivity index is 2.64. The molecule has 0 saturated heterocycles. The standard InChI is InChI=1S/C12H13ClN2O2/c1-2-17-6-5-12(16)15-11-7-10(13)4-3-9(11)8-14/h3-4,7H,2,5-6H2,1H3,(H,15,16). The van der Waals surface area contributed by atoms with E-state index in [0.717, 1.165) is 0 Å². The SMILES string of the molecule is CCOCCC(=O)Nc1cc(Cl)ccc1C#N. The number of nitriles is 1. The quantitative estimate of drug-likeness (QED) is 0.820. The minimum absolute atomic E-state index is 0.197. The van der Waals surface area contributed by atoms with E-state index in [1.807, 2.05) is 13.0 Å². The lowest BCUT2D eigenvalue weighted by molar-refractivity contribution is -0.117. The Kier molecular flexibility index (Phi) is 5.47. The molecule has 0 aliphatic heterocycles. The third-order valence-electron chi connectivity index (χ3n) is 2.05. The first-order chi connectivity index (χ1) is 8.17. The number of carbonyl (C=O) groups is 1. The van der Waals surface area contributed by atoms with Crippen LogP contribution in [0.5, 0.6) is 0 Å². The summed E-state index contributed by atoms with van der Waals surface area (Å²) in [7, 11) is 0. The molecule has 0 fully saturated rings. The van der Waals surface area contributed by atoms with Crippen molar-refractivity contribution in [1.82, 2.24) is 0 Å². The van der Waals surface area contributed by atoms with E-state index in [0.29, 0.717) is 29.5 Å². The van der Waals surface area contributed by atoms with E-state index in [-0.39, 0.29) is 12.3 Å². The molecule has 4 nitrogen and oxygen atoms in total. The first-order valence-corrected chi connectivity index (χ1v) is 5.62. The van der Waals surface area contributed by atoms with Gasteiger partial charge in [-0.15, -0.1) is 0 Å². The van der Waals surface area contributed by atoms with Gasteiger partial charge in [-0.25, -0.2) is 0 Å². The number of amides is 1. The van der Waals surface area contributed by atoms with Gasteiger partial charge in [0.05, 0.1) is 24.3 Å². The van der Waals surface area contributed by atoms with Crippen molar-refractivity contribution in [3.8, 4) is 6.07 Å². The highest BCUT2D eigenvalue weighted by atomic mass is 35.5. The fraction of sp³-hybridized carbons (Fsp3) is 0.333. The molecule has 0 radical (unpaired) electrons. The molecular weight excluding hydrogens is 240 g/mol. The molecule has 1 aromatic carbocycles. The number of benzene rings is 1. The molecular formula is C12H13ClN2O2. The fourth-order valence-corrected chi connectivity index (χ4v) is 1.41. The van der Waals surface area contributed by atoms with Crippen LogP contribution in [-0.2, 0) is 9.53 Å². The zero-order valence-electron chi connectivity index (χ0n) is 9.50. The molecule has 0 bridgehead atoms. The van der Waals surface area contributed by atoms with Crippen LogP contribution in [0.2, 0.25) is 5.02 Å². The summed E-state index contributed by atoms with van der Waals surface area (Å²) < 4.78 is 5.07. The Bertz CT molecular complexity index is 441. The largest absolute Gasteiger partial charge is 0.381 e. The summed E-state index contributed by atoms with van der Waals surface area (Å²) >= 11 is 5.80. The molecule has 0 aliphatic rings. The average Bonchev–Trinajstić information content (AvgIpc) is 2.29. The van der Waals surface area contributed by atoms with Crippen molar-refractivity contribution >= 4 is 23.2 Å². The average molecular weight is 253 g/mol. The molecule has 0 heterocycles. The van der Waals surface area contributed by atoms with Crippen LogP contribution >= 0.6 is 11.6 Å². The summed E-state index contributed by atoms with van der Waals surface area (Å²) in [6.45, 7) is 2.81. The van der Waals surface area contributed by atoms with Crippen LogP contribution < -0.4 is 5.32 Å². The normalized spacial score (nSPS) is 9.71. The predicted octanol–water partition coefficient (Wildman–Crippen LogP) is 2.58. The molecule has 1 aromatic rings. The van der Waals surface area contributed by atoms with Gasteiger partial charge in [-0.3, -0.25) is 4.79 Å². The molecule has 1 N–H and O–H groups in total. The number of hydrogen-bond donors (Lipinski definition) is 1. The van der Waals surface area contributed by atoms with Gasteiger partial charge in [-0.1, -0.05) is 11.6 Å². The molecule has 90 valence electrons. The van der Waals surface area contributed by atoms with E-state index >= 15 is 0 Å². The highest BCUT2D eigenvalue weighted by Crippen LogP contribution is 2.20. The van der Waals surface area contributed by atoms with E-state index in [2.05, 4.69) is 5.32 Å². The van der Waals surface area contributed by atoms with Gasteiger partial charge in [-0.2, -0.15) is 5.26 Å². The van der Waals surface area contributed by atoms with Crippen molar-refractivity contribution in [2.75, 3.05) is 18.5 Å². The Morgan fingerprint density at radius 1 is 1.59 bits per heavy atom. The number of nitrogens with zero attached hydrogens (tertiary/aromatic N) is 1. The molecule has 0 aliphatic carbocycles. The summed E-state index contributed by atoms with van der Waals surface area (Å²) in [5.41, 5.74) is 0.820. The van der Waals surface area contributed by atoms with Crippen molar-refractivity contribution in [1.29, 1.82) is 5.26 Å². The minimum atomic E-state index is -0.197. The van der Waals surface area contributed by atoms with Crippen molar-refractivity contribution in [3.05, 3.63) is 28.8 Å². The number of rotatable bonds is 5. The Hall–Kier alpha value is -1.57. The maximum atomic E-state index is 11.5. The summed E-state index contributed by atoms with van der Waals surface area (Å²) in [5, 5.41) is 12.0. The molecule has 0 saturated carbocycles. The topological polar surface area (TPSA) is 62.1 Å². The van der Waals surface area contributed by atoms with Gasteiger partial charge in [-0.05, 0) is 25.1 Å². The second kappa shape index (κ2) is 6.89. The number of carbonyl (C=O) groups excluding carboxylic acids is 1. The maximum absolute atomic E-state index is 11.5. The van der Waals surface area contributed by atoms with Crippen LogP contribution in [0.4, 0.5) is 5.69 Å². The highest BCUT2D eigenvalue weighted by Gasteiger charge is 2.07. The maximum Gasteiger partial charge on any atom is 0.226 e. The highest BCUT2D eigenvalue weighted by molar-refractivity contribution is 6.31. The lowest BCUT2D eigenvalue weighted by Crippen LogP contribution is -2.14. The predicted molar refractivity (Wildman–Crippen MR) is 65.9 cm³/mol. The monoisotopic (exact) mass is 252 g/mol. The summed E-state index contributed by atoms with van der Waals surface area (Å²) in [4.78, 5) is 11.5. The number of halogens is 1. The fourth-order valence-electron chi connectivity index (χ4n) is 1.24. The summed E-state index contributed by atoms with van der Waals surface area (Å²) in [6.07, 6.45) is 0.255. The van der Waals surface area contributed by atoms with Crippen LogP contribution in [-0.4, -0.2) is 19.1 Å². The van der Waals surface area contributed by atoms with Gasteiger partial charge in [0.1, 0.15) is 6.07 Å². The molecule has 0 spiro atoms. The van der Waals surface area contributed by atoms with Crippen LogP contribution in [0.3, 0.4) is 0 Å². The molecule has 1 rings (SSSR count). The Morgan fingerprint density at radius 3 is 3.00 bits per heavy atom. The first kappa shape index (κ1) is 13.5. The van der Waals surface area contributed by atoms with E-state index in [9.17, 15) is 4.79 Å². The van der Waals surface area contributed by atoms with E-state index in [1.165, 1.54) is 0 Å². The Labute approximate surface area is 105 Å². The van der Waals surface area contributed by atoms with Gasteiger partial charge in [0.15, 0.2) is 0 Å². The van der Waals surface area contributed by atoms with Crippen molar-refractivity contribution in [2.45, 2.75) is 13.3 Å². The minimum Gasteiger partial charge on any atom is -0.381 e. The van der Waals surface area contributed by atoms with Crippen LogP contribution in [0, 0.1) is 11.3 Å². The third kappa shape index (κ3) is 4.43. The van der Waals surface area contributed by atoms with Crippen LogP contribution in [0.15, 0.2) is 18.2 Å². The second-order valence-corrected chi connectivity index (χ2v) is 3.73. The number of nitrogens with one attached hydrogen (secondary N) is 1. The van der Waals surface area contributed by atoms with Crippen LogP contribution in [0.1, 0.15) is 18.9 Å². The van der Waals surface area contributed by atoms with Crippen molar-refractivity contribution < 1.29 is 9.53 Å². The van der Waals surface area contributed by atoms with Gasteiger partial charge in [0.2, 0.25) is 5.91 Å². The third-order valence-corrected chi connectivity index (χ3v) is 2.29. The number of anilines is 1. The molecule has 17 heavy (non-hydrogen) atoms. The van der Waals surface area contributed by atoms with Gasteiger partial charge < -0.3 is 10.1 Å². The van der Waals surface area contributed by atoms with Gasteiger partial charge in [0.25, 0.3) is 0 Å². The van der Waals surface area contributed by atoms with E-state index in [4.69, 9.17) is 21.6 Å². The second-order valence-electron chi connectivity index (χ2n) is 3.30. The smallest absolute Gasteiger partial charge is 0.226 e. The Morgan fingerprint density at radius 2 is 2.35 bits per heavy atom. The molecule has 0 unspecified atom stereocenters. The molecule has 1 amide bonds. The molecule has 0 atom stereocenters. The van der Waals surface area contributed by atoms with Crippen molar-refractivity contribution in [2.24, 2.45) is 0 Å². The summed E-state index contributed by atoms with van der Waals surface area (Å²) in [6, 6.07) is 6.72. The molecule has 0 aromatic heterocycles. The number of hydrogen-bond acceptors (Lipinski definition) is 3. The lowest BCUT2D eigenvalue weighted by Gasteiger charge is -2.07. The van der Waals surface area contributed by atoms with Gasteiger partial charge >= 0.3 is 0 Å². The first-order valence-electron chi connectivity index (χ1n) is 5.24. The van der Waals surface area contributed by atoms with Crippen LogP contribution in [0.25, 0.3) is 0 Å². The van der Waals surface area contributed by atoms with Gasteiger partial charge in [0, 0.05) is 11.6 Å².